The van der Waals surface area contributed by atoms with Crippen LogP contribution in [0.25, 0.3) is 0 Å². The SMILES string of the molecule is Cc1ccccc1OCC(=O)NC(C)CN. The maximum Gasteiger partial charge on any atom is 0.258 e. The van der Waals surface area contributed by atoms with Crippen LogP contribution in [0.1, 0.15) is 12.5 Å². The minimum atomic E-state index is -0.152. The Morgan fingerprint density at radius 1 is 1.50 bits per heavy atom. The summed E-state index contributed by atoms with van der Waals surface area (Å²) in [6.07, 6.45) is 0. The Morgan fingerprint density at radius 3 is 2.81 bits per heavy atom. The number of para-hydroxylation sites is 1. The van der Waals surface area contributed by atoms with Crippen molar-refractivity contribution in [1.82, 2.24) is 5.32 Å². The van der Waals surface area contributed by atoms with Gasteiger partial charge in [0.25, 0.3) is 5.91 Å². The molecular weight excluding hydrogens is 204 g/mol. The Bertz CT molecular complexity index is 353. The van der Waals surface area contributed by atoms with E-state index in [1.165, 1.54) is 0 Å². The van der Waals surface area contributed by atoms with Gasteiger partial charge in [-0.15, -0.1) is 0 Å². The van der Waals surface area contributed by atoms with Crippen LogP contribution in [0.4, 0.5) is 0 Å². The third-order valence-electron chi connectivity index (χ3n) is 2.21. The number of aryl methyl sites for hydroxylation is 1. The molecule has 0 heterocycles. The second kappa shape index (κ2) is 6.12. The summed E-state index contributed by atoms with van der Waals surface area (Å²) in [6.45, 7) is 4.24. The van der Waals surface area contributed by atoms with Crippen molar-refractivity contribution in [1.29, 1.82) is 0 Å². The summed E-state index contributed by atoms with van der Waals surface area (Å²) in [5.74, 6) is 0.583. The predicted molar refractivity (Wildman–Crippen MR) is 63.3 cm³/mol. The molecule has 4 nitrogen and oxygen atoms in total. The fourth-order valence-electron chi connectivity index (χ4n) is 1.24. The molecule has 1 aromatic carbocycles. The van der Waals surface area contributed by atoms with Crippen LogP contribution in [0.5, 0.6) is 5.75 Å². The molecule has 16 heavy (non-hydrogen) atoms. The molecule has 1 atom stereocenters. The van der Waals surface area contributed by atoms with Gasteiger partial charge in [0.05, 0.1) is 0 Å². The number of nitrogens with one attached hydrogen (secondary N) is 1. The van der Waals surface area contributed by atoms with Gasteiger partial charge in [0, 0.05) is 12.6 Å². The van der Waals surface area contributed by atoms with E-state index in [0.29, 0.717) is 6.54 Å². The number of ether oxygens (including phenoxy) is 1. The number of carbonyl (C=O) groups is 1. The number of carbonyl (C=O) groups excluding carboxylic acids is 1. The molecule has 0 aliphatic rings. The van der Waals surface area contributed by atoms with Gasteiger partial charge in [0.15, 0.2) is 6.61 Å². The van der Waals surface area contributed by atoms with Crippen molar-refractivity contribution in [2.45, 2.75) is 19.9 Å². The molecule has 1 aromatic rings. The van der Waals surface area contributed by atoms with E-state index >= 15 is 0 Å². The third kappa shape index (κ3) is 3.90. The van der Waals surface area contributed by atoms with Gasteiger partial charge in [0.2, 0.25) is 0 Å². The highest BCUT2D eigenvalue weighted by Crippen LogP contribution is 2.15. The summed E-state index contributed by atoms with van der Waals surface area (Å²) in [5.41, 5.74) is 6.41. The number of hydrogen-bond donors (Lipinski definition) is 2. The quantitative estimate of drug-likeness (QED) is 0.776. The molecule has 1 rings (SSSR count). The summed E-state index contributed by atoms with van der Waals surface area (Å²) in [4.78, 5) is 11.4. The molecule has 4 heteroatoms. The summed E-state index contributed by atoms with van der Waals surface area (Å²) in [7, 11) is 0. The number of hydrogen-bond acceptors (Lipinski definition) is 3. The van der Waals surface area contributed by atoms with E-state index in [0.717, 1.165) is 11.3 Å². The van der Waals surface area contributed by atoms with Crippen molar-refractivity contribution in [3.05, 3.63) is 29.8 Å². The van der Waals surface area contributed by atoms with Gasteiger partial charge in [-0.1, -0.05) is 18.2 Å². The van der Waals surface area contributed by atoms with Crippen molar-refractivity contribution >= 4 is 5.91 Å². The fourth-order valence-corrected chi connectivity index (χ4v) is 1.24. The first-order valence-corrected chi connectivity index (χ1v) is 5.31. The van der Waals surface area contributed by atoms with E-state index in [4.69, 9.17) is 10.5 Å². The van der Waals surface area contributed by atoms with E-state index in [-0.39, 0.29) is 18.6 Å². The lowest BCUT2D eigenvalue weighted by atomic mass is 10.2. The zero-order chi connectivity index (χ0) is 12.0. The average molecular weight is 222 g/mol. The zero-order valence-electron chi connectivity index (χ0n) is 9.69. The normalized spacial score (nSPS) is 11.9. The molecule has 88 valence electrons. The summed E-state index contributed by atoms with van der Waals surface area (Å²) in [6, 6.07) is 7.57. The van der Waals surface area contributed by atoms with E-state index in [1.54, 1.807) is 0 Å². The molecule has 0 saturated carbocycles. The lowest BCUT2D eigenvalue weighted by molar-refractivity contribution is -0.123. The first-order valence-electron chi connectivity index (χ1n) is 5.31. The molecule has 3 N–H and O–H groups in total. The minimum Gasteiger partial charge on any atom is -0.484 e. The van der Waals surface area contributed by atoms with Gasteiger partial charge < -0.3 is 15.8 Å². The summed E-state index contributed by atoms with van der Waals surface area (Å²) in [5, 5.41) is 2.73. The van der Waals surface area contributed by atoms with Crippen LogP contribution in [0, 0.1) is 6.92 Å². The largest absolute Gasteiger partial charge is 0.484 e. The van der Waals surface area contributed by atoms with Crippen LogP contribution >= 0.6 is 0 Å². The Kier molecular flexibility index (Phi) is 4.79. The number of nitrogens with two attached hydrogens (primary N) is 1. The van der Waals surface area contributed by atoms with Crippen molar-refractivity contribution in [2.24, 2.45) is 5.73 Å². The van der Waals surface area contributed by atoms with Crippen molar-refractivity contribution in [3.8, 4) is 5.75 Å². The fraction of sp³-hybridized carbons (Fsp3) is 0.417. The second-order valence-electron chi connectivity index (χ2n) is 3.76. The van der Waals surface area contributed by atoms with Crippen LogP contribution in [0.3, 0.4) is 0 Å². The highest BCUT2D eigenvalue weighted by Gasteiger charge is 2.06. The van der Waals surface area contributed by atoms with Crippen molar-refractivity contribution in [3.63, 3.8) is 0 Å². The van der Waals surface area contributed by atoms with Crippen LogP contribution in [0.2, 0.25) is 0 Å². The molecule has 0 aliphatic carbocycles. The second-order valence-corrected chi connectivity index (χ2v) is 3.76. The Labute approximate surface area is 95.8 Å². The summed E-state index contributed by atoms with van der Waals surface area (Å²) >= 11 is 0. The molecule has 0 aliphatic heterocycles. The van der Waals surface area contributed by atoms with Crippen LogP contribution in [-0.2, 0) is 4.79 Å². The van der Waals surface area contributed by atoms with Gasteiger partial charge in [-0.2, -0.15) is 0 Å². The maximum absolute atomic E-state index is 11.4. The Morgan fingerprint density at radius 2 is 2.19 bits per heavy atom. The van der Waals surface area contributed by atoms with Crippen molar-refractivity contribution < 1.29 is 9.53 Å². The topological polar surface area (TPSA) is 64.3 Å². The number of rotatable bonds is 5. The molecule has 1 amide bonds. The third-order valence-corrected chi connectivity index (χ3v) is 2.21. The highest BCUT2D eigenvalue weighted by molar-refractivity contribution is 5.77. The average Bonchev–Trinajstić information content (AvgIpc) is 2.28. The van der Waals surface area contributed by atoms with Crippen molar-refractivity contribution in [2.75, 3.05) is 13.2 Å². The molecule has 1 unspecified atom stereocenters. The van der Waals surface area contributed by atoms with E-state index in [1.807, 2.05) is 38.1 Å². The minimum absolute atomic E-state index is 0.0204. The van der Waals surface area contributed by atoms with Crippen LogP contribution < -0.4 is 15.8 Å². The molecule has 0 bridgehead atoms. The molecule has 0 radical (unpaired) electrons. The molecular formula is C12H18N2O2. The first-order chi connectivity index (χ1) is 7.63. The highest BCUT2D eigenvalue weighted by atomic mass is 16.5. The van der Waals surface area contributed by atoms with E-state index < -0.39 is 0 Å². The lowest BCUT2D eigenvalue weighted by Gasteiger charge is -2.12. The number of amides is 1. The van der Waals surface area contributed by atoms with Gasteiger partial charge in [-0.25, -0.2) is 0 Å². The zero-order valence-corrected chi connectivity index (χ0v) is 9.69. The first kappa shape index (κ1) is 12.5. The molecule has 0 spiro atoms. The molecule has 0 fully saturated rings. The smallest absolute Gasteiger partial charge is 0.258 e. The Balaban J connectivity index is 2.40. The Hall–Kier alpha value is -1.55. The number of benzene rings is 1. The van der Waals surface area contributed by atoms with Crippen LogP contribution in [-0.4, -0.2) is 25.1 Å². The van der Waals surface area contributed by atoms with E-state index in [2.05, 4.69) is 5.32 Å². The van der Waals surface area contributed by atoms with E-state index in [9.17, 15) is 4.79 Å². The summed E-state index contributed by atoms with van der Waals surface area (Å²) < 4.78 is 5.39. The van der Waals surface area contributed by atoms with Gasteiger partial charge in [-0.3, -0.25) is 4.79 Å². The van der Waals surface area contributed by atoms with Gasteiger partial charge in [0.1, 0.15) is 5.75 Å². The molecule has 0 saturated heterocycles. The monoisotopic (exact) mass is 222 g/mol. The molecule has 0 aromatic heterocycles. The standard InChI is InChI=1S/C12H18N2O2/c1-9-5-3-4-6-11(9)16-8-12(15)14-10(2)7-13/h3-6,10H,7-8,13H2,1-2H3,(H,14,15). The predicted octanol–water partition coefficient (Wildman–Crippen LogP) is 0.837. The van der Waals surface area contributed by atoms with Crippen LogP contribution in [0.15, 0.2) is 24.3 Å². The van der Waals surface area contributed by atoms with Gasteiger partial charge >= 0.3 is 0 Å². The van der Waals surface area contributed by atoms with Gasteiger partial charge in [-0.05, 0) is 25.5 Å². The maximum atomic E-state index is 11.4. The lowest BCUT2D eigenvalue weighted by Crippen LogP contribution is -2.40.